The van der Waals surface area contributed by atoms with Crippen molar-refractivity contribution in [3.63, 3.8) is 0 Å². The quantitative estimate of drug-likeness (QED) is 0.0321. The van der Waals surface area contributed by atoms with Crippen LogP contribution in [-0.2, 0) is 14.3 Å². The van der Waals surface area contributed by atoms with E-state index in [0.717, 1.165) is 64.2 Å². The molecular weight excluding hydrogens is 779 g/mol. The van der Waals surface area contributed by atoms with Gasteiger partial charge in [-0.25, -0.2) is 0 Å². The molecule has 372 valence electrons. The molecule has 6 heteroatoms. The van der Waals surface area contributed by atoms with Crippen LogP contribution >= 0.6 is 0 Å². The average molecular weight is 889 g/mol. The first-order valence-corrected chi connectivity index (χ1v) is 28.1. The van der Waals surface area contributed by atoms with Crippen molar-refractivity contribution in [3.05, 3.63) is 24.3 Å². The molecule has 0 fully saturated rings. The van der Waals surface area contributed by atoms with Gasteiger partial charge in [0.25, 0.3) is 0 Å². The van der Waals surface area contributed by atoms with Crippen molar-refractivity contribution in [3.8, 4) is 0 Å². The van der Waals surface area contributed by atoms with Crippen LogP contribution in [0, 0.1) is 0 Å². The molecule has 0 spiro atoms. The molecule has 0 aliphatic heterocycles. The molecule has 0 saturated carbocycles. The first kappa shape index (κ1) is 61.3. The summed E-state index contributed by atoms with van der Waals surface area (Å²) in [4.78, 5) is 24.6. The number of unbranched alkanes of at least 4 members (excludes halogenated alkanes) is 37. The van der Waals surface area contributed by atoms with E-state index in [9.17, 15) is 19.8 Å². The third-order valence-corrected chi connectivity index (χ3v) is 13.0. The summed E-state index contributed by atoms with van der Waals surface area (Å²) < 4.78 is 5.47. The Morgan fingerprint density at radius 3 is 1.24 bits per heavy atom. The van der Waals surface area contributed by atoms with Gasteiger partial charge in [0.1, 0.15) is 0 Å². The van der Waals surface area contributed by atoms with Crippen molar-refractivity contribution in [2.24, 2.45) is 0 Å². The molecule has 2 unspecified atom stereocenters. The lowest BCUT2D eigenvalue weighted by Gasteiger charge is -2.22. The number of nitrogens with one attached hydrogen (secondary N) is 1. The zero-order valence-corrected chi connectivity index (χ0v) is 42.3. The second-order valence-corrected chi connectivity index (χ2v) is 19.3. The molecule has 3 N–H and O–H groups in total. The van der Waals surface area contributed by atoms with E-state index < -0.39 is 12.1 Å². The van der Waals surface area contributed by atoms with Gasteiger partial charge in [-0.15, -0.1) is 0 Å². The zero-order chi connectivity index (χ0) is 45.8. The van der Waals surface area contributed by atoms with Crippen LogP contribution in [-0.4, -0.2) is 47.4 Å². The minimum atomic E-state index is -0.682. The van der Waals surface area contributed by atoms with Gasteiger partial charge >= 0.3 is 5.97 Å². The summed E-state index contributed by atoms with van der Waals surface area (Å²) >= 11 is 0. The molecule has 63 heavy (non-hydrogen) atoms. The van der Waals surface area contributed by atoms with Gasteiger partial charge in [0, 0.05) is 12.8 Å². The van der Waals surface area contributed by atoms with E-state index in [1.54, 1.807) is 0 Å². The summed E-state index contributed by atoms with van der Waals surface area (Å²) in [7, 11) is 0. The molecule has 0 aliphatic rings. The molecule has 0 saturated heterocycles. The summed E-state index contributed by atoms with van der Waals surface area (Å²) in [6, 6.07) is -0.562. The molecule has 2 atom stereocenters. The molecule has 6 nitrogen and oxygen atoms in total. The SMILES string of the molecule is CCCCC/C=C\C/C=C\CCCCCCCCCCCC(=O)OCCCCCCCCCCCC(=O)NC(CO)C(O)CCCCCCCCCCCCCCCCCCCC. The lowest BCUT2D eigenvalue weighted by Crippen LogP contribution is -2.45. The second-order valence-electron chi connectivity index (χ2n) is 19.3. The van der Waals surface area contributed by atoms with Gasteiger partial charge in [-0.2, -0.15) is 0 Å². The van der Waals surface area contributed by atoms with Crippen molar-refractivity contribution in [1.29, 1.82) is 0 Å². The van der Waals surface area contributed by atoms with Crippen molar-refractivity contribution in [2.75, 3.05) is 13.2 Å². The average Bonchev–Trinajstić information content (AvgIpc) is 3.28. The molecule has 0 radical (unpaired) electrons. The number of esters is 1. The Balaban J connectivity index is 3.47. The highest BCUT2D eigenvalue weighted by molar-refractivity contribution is 5.76. The standard InChI is InChI=1S/C57H109NO5/c1-3-5-7-9-11-13-15-17-19-21-23-25-27-29-31-35-39-43-47-51-57(62)63-52-48-44-40-36-32-34-38-42-46-50-56(61)58-54(53-59)55(60)49-45-41-37-33-30-28-26-24-22-20-18-16-14-12-10-8-6-4-2/h11,13,17,19,54-55,59-60H,3-10,12,14-16,18,20-53H2,1-2H3,(H,58,61)/b13-11-,19-17-. The fourth-order valence-corrected chi connectivity index (χ4v) is 8.67. The van der Waals surface area contributed by atoms with Gasteiger partial charge in [-0.05, 0) is 57.8 Å². The van der Waals surface area contributed by atoms with Crippen LogP contribution in [0.25, 0.3) is 0 Å². The number of amides is 1. The molecule has 0 aliphatic carbocycles. The number of carbonyl (C=O) groups is 2. The monoisotopic (exact) mass is 888 g/mol. The summed E-state index contributed by atoms with van der Waals surface area (Å²) in [6.07, 6.45) is 63.0. The smallest absolute Gasteiger partial charge is 0.305 e. The highest BCUT2D eigenvalue weighted by atomic mass is 16.5. The van der Waals surface area contributed by atoms with Crippen LogP contribution in [0.2, 0.25) is 0 Å². The molecule has 0 aromatic carbocycles. The second kappa shape index (κ2) is 53.0. The van der Waals surface area contributed by atoms with Crippen LogP contribution in [0.15, 0.2) is 24.3 Å². The maximum atomic E-state index is 12.5. The molecule has 0 rings (SSSR count). The summed E-state index contributed by atoms with van der Waals surface area (Å²) in [5.74, 6) is -0.0888. The van der Waals surface area contributed by atoms with E-state index in [-0.39, 0.29) is 18.5 Å². The largest absolute Gasteiger partial charge is 0.466 e. The Labute approximate surface area is 392 Å². The minimum Gasteiger partial charge on any atom is -0.466 e. The van der Waals surface area contributed by atoms with Gasteiger partial charge in [0.15, 0.2) is 0 Å². The van der Waals surface area contributed by atoms with E-state index in [1.165, 1.54) is 205 Å². The first-order chi connectivity index (χ1) is 31.0. The molecule has 0 bridgehead atoms. The van der Waals surface area contributed by atoms with E-state index in [0.29, 0.717) is 25.9 Å². The number of carbonyl (C=O) groups excluding carboxylic acids is 2. The number of aliphatic hydroxyl groups excluding tert-OH is 2. The zero-order valence-electron chi connectivity index (χ0n) is 42.3. The topological polar surface area (TPSA) is 95.9 Å². The number of hydrogen-bond donors (Lipinski definition) is 3. The fourth-order valence-electron chi connectivity index (χ4n) is 8.67. The Kier molecular flexibility index (Phi) is 51.6. The minimum absolute atomic E-state index is 0.0281. The van der Waals surface area contributed by atoms with Gasteiger partial charge < -0.3 is 20.3 Å². The first-order valence-electron chi connectivity index (χ1n) is 28.1. The van der Waals surface area contributed by atoms with Crippen LogP contribution in [0.1, 0.15) is 303 Å². The molecule has 0 aromatic rings. The van der Waals surface area contributed by atoms with Crippen LogP contribution in [0.3, 0.4) is 0 Å². The Hall–Kier alpha value is -1.66. The van der Waals surface area contributed by atoms with Crippen molar-refractivity contribution in [2.45, 2.75) is 315 Å². The van der Waals surface area contributed by atoms with E-state index in [4.69, 9.17) is 4.74 Å². The summed E-state index contributed by atoms with van der Waals surface area (Å²) in [5.41, 5.74) is 0. The lowest BCUT2D eigenvalue weighted by atomic mass is 10.0. The number of aliphatic hydroxyl groups is 2. The highest BCUT2D eigenvalue weighted by Gasteiger charge is 2.20. The van der Waals surface area contributed by atoms with Gasteiger partial charge in [-0.1, -0.05) is 256 Å². The van der Waals surface area contributed by atoms with E-state index in [1.807, 2.05) is 0 Å². The van der Waals surface area contributed by atoms with E-state index in [2.05, 4.69) is 43.5 Å². The van der Waals surface area contributed by atoms with Gasteiger partial charge in [-0.3, -0.25) is 9.59 Å². The molecular formula is C57H109NO5. The Morgan fingerprint density at radius 1 is 0.444 bits per heavy atom. The Bertz CT molecular complexity index is 982. The van der Waals surface area contributed by atoms with Crippen molar-refractivity contribution in [1.82, 2.24) is 5.32 Å². The molecule has 0 aromatic heterocycles. The summed E-state index contributed by atoms with van der Waals surface area (Å²) in [5, 5.41) is 23.3. The number of hydrogen-bond acceptors (Lipinski definition) is 5. The highest BCUT2D eigenvalue weighted by Crippen LogP contribution is 2.17. The number of ether oxygens (including phenoxy) is 1. The van der Waals surface area contributed by atoms with E-state index >= 15 is 0 Å². The van der Waals surface area contributed by atoms with Crippen molar-refractivity contribution < 1.29 is 24.5 Å². The Morgan fingerprint density at radius 2 is 0.794 bits per heavy atom. The van der Waals surface area contributed by atoms with Gasteiger partial charge in [0.05, 0.1) is 25.4 Å². The third-order valence-electron chi connectivity index (χ3n) is 13.0. The van der Waals surface area contributed by atoms with Crippen molar-refractivity contribution >= 4 is 11.9 Å². The third kappa shape index (κ3) is 49.6. The normalized spacial score (nSPS) is 12.8. The van der Waals surface area contributed by atoms with Gasteiger partial charge in [0.2, 0.25) is 5.91 Å². The number of allylic oxidation sites excluding steroid dienone is 4. The van der Waals surface area contributed by atoms with Crippen LogP contribution in [0.5, 0.6) is 0 Å². The molecule has 0 heterocycles. The number of rotatable bonds is 52. The predicted molar refractivity (Wildman–Crippen MR) is 273 cm³/mol. The maximum absolute atomic E-state index is 12.5. The summed E-state index contributed by atoms with van der Waals surface area (Å²) in [6.45, 7) is 4.88. The van der Waals surface area contributed by atoms with Crippen LogP contribution in [0.4, 0.5) is 0 Å². The maximum Gasteiger partial charge on any atom is 0.305 e. The fraction of sp³-hybridized carbons (Fsp3) is 0.895. The van der Waals surface area contributed by atoms with Crippen LogP contribution < -0.4 is 5.32 Å². The molecule has 1 amide bonds. The predicted octanol–water partition coefficient (Wildman–Crippen LogP) is 17.1. The lowest BCUT2D eigenvalue weighted by molar-refractivity contribution is -0.143.